The van der Waals surface area contributed by atoms with Crippen LogP contribution >= 0.6 is 24.0 Å². The molecule has 3 N–H and O–H groups in total. The number of anilines is 2. The third-order valence-electron chi connectivity index (χ3n) is 5.44. The van der Waals surface area contributed by atoms with E-state index in [1.54, 1.807) is 12.1 Å². The normalized spacial score (nSPS) is 27.2. The van der Waals surface area contributed by atoms with E-state index in [2.05, 4.69) is 16.0 Å². The number of fused-ring (bicyclic) bond motifs is 2. The number of rotatable bonds is 2. The van der Waals surface area contributed by atoms with Gasteiger partial charge < -0.3 is 20.7 Å². The summed E-state index contributed by atoms with van der Waals surface area (Å²) in [6.07, 6.45) is 4.27. The van der Waals surface area contributed by atoms with Crippen LogP contribution in [0.5, 0.6) is 5.75 Å². The number of hydrogen-bond donors (Lipinski definition) is 3. The fourth-order valence-electron chi connectivity index (χ4n) is 4.13. The van der Waals surface area contributed by atoms with Crippen molar-refractivity contribution in [2.45, 2.75) is 25.7 Å². The van der Waals surface area contributed by atoms with Crippen LogP contribution in [0.25, 0.3) is 0 Å². The van der Waals surface area contributed by atoms with Crippen LogP contribution in [0.15, 0.2) is 12.1 Å². The summed E-state index contributed by atoms with van der Waals surface area (Å²) in [6.45, 7) is 1.59. The zero-order chi connectivity index (χ0) is 16.7. The van der Waals surface area contributed by atoms with E-state index >= 15 is 0 Å². The topological polar surface area (TPSA) is 79.5 Å². The van der Waals surface area contributed by atoms with Gasteiger partial charge in [-0.25, -0.2) is 0 Å². The molecule has 6 nitrogen and oxygen atoms in total. The van der Waals surface area contributed by atoms with E-state index in [0.29, 0.717) is 28.1 Å². The van der Waals surface area contributed by atoms with Crippen LogP contribution < -0.4 is 20.7 Å². The molecule has 1 saturated carbocycles. The SMILES string of the molecule is Cl.O=C1COc2cc(NC(=O)[C@@]34CCCC[C@H]3CNC4)c(Cl)cc2N1. The highest BCUT2D eigenvalue weighted by Gasteiger charge is 2.49. The third kappa shape index (κ3) is 3.18. The maximum atomic E-state index is 13.0. The van der Waals surface area contributed by atoms with Gasteiger partial charge in [-0.05, 0) is 31.4 Å². The Morgan fingerprint density at radius 2 is 2.20 bits per heavy atom. The lowest BCUT2D eigenvalue weighted by Gasteiger charge is -2.37. The van der Waals surface area contributed by atoms with Gasteiger partial charge in [0.15, 0.2) is 6.61 Å². The minimum atomic E-state index is -0.341. The van der Waals surface area contributed by atoms with E-state index < -0.39 is 0 Å². The second-order valence-corrected chi connectivity index (χ2v) is 7.26. The van der Waals surface area contributed by atoms with Crippen LogP contribution in [-0.2, 0) is 9.59 Å². The number of ether oxygens (including phenoxy) is 1. The maximum absolute atomic E-state index is 13.0. The quantitative estimate of drug-likeness (QED) is 0.731. The minimum absolute atomic E-state index is 0. The van der Waals surface area contributed by atoms with Crippen molar-refractivity contribution in [1.82, 2.24) is 5.32 Å². The van der Waals surface area contributed by atoms with E-state index in [-0.39, 0.29) is 36.2 Å². The molecule has 136 valence electrons. The molecule has 0 bridgehead atoms. The lowest BCUT2D eigenvalue weighted by atomic mass is 9.67. The molecule has 2 aliphatic heterocycles. The van der Waals surface area contributed by atoms with E-state index in [4.69, 9.17) is 16.3 Å². The van der Waals surface area contributed by atoms with E-state index in [1.807, 2.05) is 0 Å². The summed E-state index contributed by atoms with van der Waals surface area (Å²) < 4.78 is 5.41. The zero-order valence-electron chi connectivity index (χ0n) is 13.7. The Bertz CT molecular complexity index is 713. The van der Waals surface area contributed by atoms with Gasteiger partial charge in [0.2, 0.25) is 5.91 Å². The molecule has 8 heteroatoms. The number of carbonyl (C=O) groups excluding carboxylic acids is 2. The molecular weight excluding hydrogens is 365 g/mol. The van der Waals surface area contributed by atoms with Crippen LogP contribution in [0.1, 0.15) is 25.7 Å². The second kappa shape index (κ2) is 7.02. The maximum Gasteiger partial charge on any atom is 0.262 e. The van der Waals surface area contributed by atoms with Gasteiger partial charge in [-0.15, -0.1) is 12.4 Å². The van der Waals surface area contributed by atoms with Crippen LogP contribution in [0.4, 0.5) is 11.4 Å². The third-order valence-corrected chi connectivity index (χ3v) is 5.75. The fourth-order valence-corrected chi connectivity index (χ4v) is 4.34. The molecular formula is C17H21Cl2N3O3. The monoisotopic (exact) mass is 385 g/mol. The van der Waals surface area contributed by atoms with Crippen molar-refractivity contribution in [1.29, 1.82) is 0 Å². The number of nitrogens with one attached hydrogen (secondary N) is 3. The summed E-state index contributed by atoms with van der Waals surface area (Å²) in [5, 5.41) is 9.48. The van der Waals surface area contributed by atoms with Crippen molar-refractivity contribution in [2.24, 2.45) is 11.3 Å². The van der Waals surface area contributed by atoms with Crippen LogP contribution in [0.2, 0.25) is 5.02 Å². The summed E-state index contributed by atoms with van der Waals surface area (Å²) in [6, 6.07) is 3.30. The van der Waals surface area contributed by atoms with Crippen molar-refractivity contribution < 1.29 is 14.3 Å². The number of benzene rings is 1. The lowest BCUT2D eigenvalue weighted by molar-refractivity contribution is -0.128. The predicted octanol–water partition coefficient (Wildman–Crippen LogP) is 2.81. The first-order valence-corrected chi connectivity index (χ1v) is 8.75. The number of carbonyl (C=O) groups is 2. The van der Waals surface area contributed by atoms with Gasteiger partial charge in [-0.2, -0.15) is 0 Å². The second-order valence-electron chi connectivity index (χ2n) is 6.85. The Hall–Kier alpha value is -1.50. The van der Waals surface area contributed by atoms with Crippen molar-refractivity contribution in [3.05, 3.63) is 17.2 Å². The molecule has 0 unspecified atom stereocenters. The molecule has 0 radical (unpaired) electrons. The van der Waals surface area contributed by atoms with Crippen LogP contribution in [0, 0.1) is 11.3 Å². The predicted molar refractivity (Wildman–Crippen MR) is 98.7 cm³/mol. The Morgan fingerprint density at radius 3 is 3.04 bits per heavy atom. The molecule has 3 aliphatic rings. The molecule has 2 atom stereocenters. The highest BCUT2D eigenvalue weighted by Crippen LogP contribution is 2.45. The number of hydrogen-bond acceptors (Lipinski definition) is 4. The fraction of sp³-hybridized carbons (Fsp3) is 0.529. The Labute approximate surface area is 157 Å². The minimum Gasteiger partial charge on any atom is -0.482 e. The zero-order valence-corrected chi connectivity index (χ0v) is 15.3. The van der Waals surface area contributed by atoms with Gasteiger partial charge in [-0.1, -0.05) is 24.4 Å². The van der Waals surface area contributed by atoms with Crippen molar-refractivity contribution in [2.75, 3.05) is 30.3 Å². The first kappa shape index (κ1) is 18.3. The summed E-state index contributed by atoms with van der Waals surface area (Å²) in [5.41, 5.74) is 0.722. The Morgan fingerprint density at radius 1 is 1.36 bits per heavy atom. The molecule has 2 heterocycles. The molecule has 25 heavy (non-hydrogen) atoms. The van der Waals surface area contributed by atoms with Gasteiger partial charge in [0, 0.05) is 12.6 Å². The lowest BCUT2D eigenvalue weighted by Crippen LogP contribution is -2.44. The smallest absolute Gasteiger partial charge is 0.262 e. The highest BCUT2D eigenvalue weighted by molar-refractivity contribution is 6.34. The standard InChI is InChI=1S/C17H20ClN3O3.ClH/c18-11-5-13-14(24-8-15(22)20-13)6-12(11)21-16(23)17-4-2-1-3-10(17)7-19-9-17;/h5-6,10,19H,1-4,7-9H2,(H,20,22)(H,21,23);1H/t10-,17+;/m0./s1. The van der Waals surface area contributed by atoms with Crippen molar-refractivity contribution >= 4 is 47.2 Å². The van der Waals surface area contributed by atoms with E-state index in [1.165, 1.54) is 6.42 Å². The molecule has 2 fully saturated rings. The molecule has 1 aliphatic carbocycles. The Kier molecular flexibility index (Phi) is 5.14. The summed E-state index contributed by atoms with van der Waals surface area (Å²) in [7, 11) is 0. The molecule has 1 saturated heterocycles. The molecule has 4 rings (SSSR count). The average molecular weight is 386 g/mol. The van der Waals surface area contributed by atoms with E-state index in [9.17, 15) is 9.59 Å². The largest absolute Gasteiger partial charge is 0.482 e. The van der Waals surface area contributed by atoms with Crippen LogP contribution in [-0.4, -0.2) is 31.5 Å². The van der Waals surface area contributed by atoms with Gasteiger partial charge in [0.05, 0.1) is 21.8 Å². The summed E-state index contributed by atoms with van der Waals surface area (Å²) >= 11 is 6.30. The van der Waals surface area contributed by atoms with Gasteiger partial charge in [-0.3, -0.25) is 9.59 Å². The van der Waals surface area contributed by atoms with Crippen LogP contribution in [0.3, 0.4) is 0 Å². The van der Waals surface area contributed by atoms with Gasteiger partial charge >= 0.3 is 0 Å². The molecule has 0 aromatic heterocycles. The van der Waals surface area contributed by atoms with Crippen molar-refractivity contribution in [3.8, 4) is 5.75 Å². The first-order valence-electron chi connectivity index (χ1n) is 8.37. The number of amides is 2. The van der Waals surface area contributed by atoms with Crippen molar-refractivity contribution in [3.63, 3.8) is 0 Å². The highest BCUT2D eigenvalue weighted by atomic mass is 35.5. The molecule has 2 amide bonds. The van der Waals surface area contributed by atoms with Gasteiger partial charge in [0.25, 0.3) is 5.91 Å². The summed E-state index contributed by atoms with van der Waals surface area (Å²) in [5.74, 6) is 0.727. The van der Waals surface area contributed by atoms with Gasteiger partial charge in [0.1, 0.15) is 5.75 Å². The molecule has 1 aromatic rings. The molecule has 0 spiro atoms. The number of halogens is 2. The van der Waals surface area contributed by atoms with E-state index in [0.717, 1.165) is 32.4 Å². The Balaban J connectivity index is 0.00000182. The molecule has 1 aromatic carbocycles. The summed E-state index contributed by atoms with van der Waals surface area (Å²) in [4.78, 5) is 24.4. The average Bonchev–Trinajstić information content (AvgIpc) is 3.01. The first-order chi connectivity index (χ1) is 11.6.